The summed E-state index contributed by atoms with van der Waals surface area (Å²) in [6.45, 7) is 4.91. The predicted octanol–water partition coefficient (Wildman–Crippen LogP) is 3.40. The molecule has 1 atom stereocenters. The molecule has 1 aliphatic heterocycles. The highest BCUT2D eigenvalue weighted by Gasteiger charge is 2.20. The van der Waals surface area contributed by atoms with Crippen LogP contribution in [0.5, 0.6) is 0 Å². The van der Waals surface area contributed by atoms with E-state index in [2.05, 4.69) is 10.0 Å². The lowest BCUT2D eigenvalue weighted by Crippen LogP contribution is -2.28. The van der Waals surface area contributed by atoms with Crippen LogP contribution in [0.2, 0.25) is 0 Å². The van der Waals surface area contributed by atoms with Crippen molar-refractivity contribution < 1.29 is 17.9 Å². The van der Waals surface area contributed by atoms with E-state index in [1.165, 1.54) is 12.1 Å². The van der Waals surface area contributed by atoms with E-state index < -0.39 is 10.0 Å². The monoisotopic (exact) mass is 402 g/mol. The summed E-state index contributed by atoms with van der Waals surface area (Å²) < 4.78 is 33.7. The molecule has 1 saturated heterocycles. The van der Waals surface area contributed by atoms with Gasteiger partial charge in [-0.05, 0) is 62.4 Å². The molecule has 7 heteroatoms. The fourth-order valence-corrected chi connectivity index (χ4v) is 4.37. The summed E-state index contributed by atoms with van der Waals surface area (Å²) in [5.41, 5.74) is 2.43. The van der Waals surface area contributed by atoms with Crippen molar-refractivity contribution in [2.75, 3.05) is 17.9 Å². The van der Waals surface area contributed by atoms with Gasteiger partial charge in [-0.25, -0.2) is 8.42 Å². The molecule has 150 valence electrons. The molecule has 0 saturated carbocycles. The van der Waals surface area contributed by atoms with Crippen LogP contribution in [0.15, 0.2) is 47.4 Å². The topological polar surface area (TPSA) is 84.5 Å². The second-order valence-electron chi connectivity index (χ2n) is 7.08. The van der Waals surface area contributed by atoms with Crippen molar-refractivity contribution in [3.8, 4) is 0 Å². The van der Waals surface area contributed by atoms with E-state index in [-0.39, 0.29) is 16.9 Å². The number of carbonyl (C=O) groups is 1. The summed E-state index contributed by atoms with van der Waals surface area (Å²) in [6.07, 6.45) is 3.04. The molecule has 6 nitrogen and oxygen atoms in total. The molecule has 2 N–H and O–H groups in total. The number of nitrogens with one attached hydrogen (secondary N) is 2. The van der Waals surface area contributed by atoms with Gasteiger partial charge >= 0.3 is 0 Å². The molecule has 1 heterocycles. The molecule has 1 aliphatic rings. The van der Waals surface area contributed by atoms with Crippen LogP contribution in [0.4, 0.5) is 5.69 Å². The highest BCUT2D eigenvalue weighted by atomic mass is 32.2. The first-order chi connectivity index (χ1) is 13.4. The summed E-state index contributed by atoms with van der Waals surface area (Å²) in [5.74, 6) is -0.275. The van der Waals surface area contributed by atoms with E-state index in [0.717, 1.165) is 37.0 Å². The molecule has 1 unspecified atom stereocenters. The van der Waals surface area contributed by atoms with Crippen LogP contribution in [0, 0.1) is 13.8 Å². The molecule has 2 aromatic rings. The number of ether oxygens (including phenoxy) is 1. The Morgan fingerprint density at radius 3 is 2.64 bits per heavy atom. The zero-order chi connectivity index (χ0) is 20.1. The number of hydrogen-bond acceptors (Lipinski definition) is 4. The van der Waals surface area contributed by atoms with Gasteiger partial charge in [0.05, 0.1) is 16.7 Å². The van der Waals surface area contributed by atoms with Gasteiger partial charge in [0.1, 0.15) is 0 Å². The van der Waals surface area contributed by atoms with E-state index in [0.29, 0.717) is 17.8 Å². The number of rotatable bonds is 7. The van der Waals surface area contributed by atoms with Gasteiger partial charge < -0.3 is 10.1 Å². The Balaban J connectivity index is 1.72. The summed E-state index contributed by atoms with van der Waals surface area (Å²) in [6, 6.07) is 11.8. The molecular formula is C21H26N2O4S. The molecule has 0 bridgehead atoms. The van der Waals surface area contributed by atoms with Gasteiger partial charge in [0.2, 0.25) is 0 Å². The molecule has 2 aromatic carbocycles. The summed E-state index contributed by atoms with van der Waals surface area (Å²) >= 11 is 0. The largest absolute Gasteiger partial charge is 0.378 e. The summed E-state index contributed by atoms with van der Waals surface area (Å²) in [5, 5.41) is 2.87. The molecule has 28 heavy (non-hydrogen) atoms. The van der Waals surface area contributed by atoms with Gasteiger partial charge in [-0.15, -0.1) is 0 Å². The third-order valence-electron chi connectivity index (χ3n) is 4.93. The Bertz CT molecular complexity index is 951. The molecule has 1 fully saturated rings. The Morgan fingerprint density at radius 1 is 1.14 bits per heavy atom. The second-order valence-corrected chi connectivity index (χ2v) is 8.76. The van der Waals surface area contributed by atoms with Gasteiger partial charge in [-0.2, -0.15) is 0 Å². The van der Waals surface area contributed by atoms with Crippen LogP contribution >= 0.6 is 0 Å². The molecule has 0 aliphatic carbocycles. The normalized spacial score (nSPS) is 16.7. The quantitative estimate of drug-likeness (QED) is 0.743. The van der Waals surface area contributed by atoms with Gasteiger partial charge in [-0.3, -0.25) is 9.52 Å². The third-order valence-corrected chi connectivity index (χ3v) is 6.29. The Kier molecular flexibility index (Phi) is 6.36. The number of para-hydroxylation sites is 1. The minimum atomic E-state index is -3.79. The molecule has 3 rings (SSSR count). The van der Waals surface area contributed by atoms with Crippen LogP contribution in [0.25, 0.3) is 0 Å². The van der Waals surface area contributed by atoms with E-state index in [1.807, 2.05) is 19.1 Å². The molecule has 0 aromatic heterocycles. The van der Waals surface area contributed by atoms with Crippen molar-refractivity contribution in [3.05, 3.63) is 59.2 Å². The zero-order valence-corrected chi connectivity index (χ0v) is 17.0. The minimum Gasteiger partial charge on any atom is -0.378 e. The fourth-order valence-electron chi connectivity index (χ4n) is 3.22. The Labute approximate surface area is 166 Å². The third kappa shape index (κ3) is 4.91. The van der Waals surface area contributed by atoms with Crippen molar-refractivity contribution in [1.29, 1.82) is 0 Å². The summed E-state index contributed by atoms with van der Waals surface area (Å²) in [7, 11) is -3.79. The highest BCUT2D eigenvalue weighted by Crippen LogP contribution is 2.21. The maximum Gasteiger partial charge on any atom is 0.261 e. The average molecular weight is 403 g/mol. The van der Waals surface area contributed by atoms with Crippen molar-refractivity contribution in [2.45, 2.75) is 44.1 Å². The first-order valence-corrected chi connectivity index (χ1v) is 10.9. The Hall–Kier alpha value is -2.38. The van der Waals surface area contributed by atoms with E-state index in [1.54, 1.807) is 25.1 Å². The molecule has 0 spiro atoms. The van der Waals surface area contributed by atoms with Crippen molar-refractivity contribution in [3.63, 3.8) is 0 Å². The smallest absolute Gasteiger partial charge is 0.261 e. The van der Waals surface area contributed by atoms with Gasteiger partial charge in [0.15, 0.2) is 0 Å². The van der Waals surface area contributed by atoms with Crippen molar-refractivity contribution in [1.82, 2.24) is 5.32 Å². The lowest BCUT2D eigenvalue weighted by molar-refractivity contribution is 0.0906. The number of sulfonamides is 1. The number of aryl methyl sites for hydroxylation is 2. The summed E-state index contributed by atoms with van der Waals surface area (Å²) in [4.78, 5) is 12.6. The number of carbonyl (C=O) groups excluding carboxylic acids is 1. The minimum absolute atomic E-state index is 0.0608. The van der Waals surface area contributed by atoms with E-state index in [4.69, 9.17) is 4.74 Å². The second kappa shape index (κ2) is 8.75. The standard InChI is InChI=1S/C21H26N2O4S/c1-15-9-10-18(28(25,26)23-20-8-4-3-6-16(20)2)14-19(15)21(24)22-12-11-17-7-5-13-27-17/h3-4,6,8-10,14,17,23H,5,7,11-13H2,1-2H3,(H,22,24). The fraction of sp³-hybridized carbons (Fsp3) is 0.381. The SMILES string of the molecule is Cc1ccccc1NS(=O)(=O)c1ccc(C)c(C(=O)NCCC2CCCO2)c1. The van der Waals surface area contributed by atoms with Crippen LogP contribution in [-0.4, -0.2) is 33.6 Å². The van der Waals surface area contributed by atoms with Crippen LogP contribution in [0.3, 0.4) is 0 Å². The average Bonchev–Trinajstić information content (AvgIpc) is 3.17. The van der Waals surface area contributed by atoms with Crippen molar-refractivity contribution in [2.24, 2.45) is 0 Å². The van der Waals surface area contributed by atoms with E-state index >= 15 is 0 Å². The molecule has 1 amide bonds. The Morgan fingerprint density at radius 2 is 1.93 bits per heavy atom. The van der Waals surface area contributed by atoms with Crippen LogP contribution < -0.4 is 10.0 Å². The number of amides is 1. The van der Waals surface area contributed by atoms with Crippen LogP contribution in [0.1, 0.15) is 40.7 Å². The van der Waals surface area contributed by atoms with Gasteiger partial charge in [0, 0.05) is 18.7 Å². The maximum atomic E-state index is 12.8. The van der Waals surface area contributed by atoms with Gasteiger partial charge in [0.25, 0.3) is 15.9 Å². The maximum absolute atomic E-state index is 12.8. The molecular weight excluding hydrogens is 376 g/mol. The first-order valence-electron chi connectivity index (χ1n) is 9.46. The lowest BCUT2D eigenvalue weighted by atomic mass is 10.1. The number of hydrogen-bond donors (Lipinski definition) is 2. The zero-order valence-electron chi connectivity index (χ0n) is 16.2. The van der Waals surface area contributed by atoms with Crippen LogP contribution in [-0.2, 0) is 14.8 Å². The number of anilines is 1. The lowest BCUT2D eigenvalue weighted by Gasteiger charge is -2.14. The molecule has 0 radical (unpaired) electrons. The highest BCUT2D eigenvalue weighted by molar-refractivity contribution is 7.92. The van der Waals surface area contributed by atoms with Gasteiger partial charge in [-0.1, -0.05) is 24.3 Å². The first kappa shape index (κ1) is 20.4. The van der Waals surface area contributed by atoms with E-state index in [9.17, 15) is 13.2 Å². The number of benzene rings is 2. The predicted molar refractivity (Wildman–Crippen MR) is 109 cm³/mol. The van der Waals surface area contributed by atoms with Crippen molar-refractivity contribution >= 4 is 21.6 Å².